The van der Waals surface area contributed by atoms with Gasteiger partial charge >= 0.3 is 0 Å². The summed E-state index contributed by atoms with van der Waals surface area (Å²) in [4.78, 5) is 33.2. The molecule has 35 heavy (non-hydrogen) atoms. The monoisotopic (exact) mass is 466 g/mol. The molecule has 0 unspecified atom stereocenters. The van der Waals surface area contributed by atoms with Gasteiger partial charge in [-0.25, -0.2) is 4.68 Å². The maximum atomic E-state index is 13.8. The van der Waals surface area contributed by atoms with Crippen molar-refractivity contribution in [3.8, 4) is 34.1 Å². The van der Waals surface area contributed by atoms with Crippen molar-refractivity contribution in [1.29, 1.82) is 0 Å². The maximum absolute atomic E-state index is 13.8. The van der Waals surface area contributed by atoms with E-state index in [0.717, 1.165) is 11.1 Å². The molecule has 0 bridgehead atoms. The molecule has 6 rings (SSSR count). The van der Waals surface area contributed by atoms with Crippen LogP contribution in [0.2, 0.25) is 0 Å². The third kappa shape index (κ3) is 2.86. The molecule has 0 fully saturated rings. The number of hydrogen-bond acceptors (Lipinski definition) is 6. The van der Waals surface area contributed by atoms with Crippen molar-refractivity contribution in [3.63, 3.8) is 0 Å². The van der Waals surface area contributed by atoms with Crippen LogP contribution in [0.15, 0.2) is 59.4 Å². The van der Waals surface area contributed by atoms with Crippen LogP contribution >= 0.6 is 0 Å². The van der Waals surface area contributed by atoms with Gasteiger partial charge in [0.15, 0.2) is 29.2 Å². The topological polar surface area (TPSA) is 86.6 Å². The van der Waals surface area contributed by atoms with Gasteiger partial charge in [-0.15, -0.1) is 0 Å². The molecular formula is C27H22N4O4. The number of para-hydroxylation sites is 1. The van der Waals surface area contributed by atoms with Crippen molar-refractivity contribution in [3.05, 3.63) is 87.2 Å². The van der Waals surface area contributed by atoms with Gasteiger partial charge in [0, 0.05) is 16.7 Å². The van der Waals surface area contributed by atoms with Crippen LogP contribution in [0.3, 0.4) is 0 Å². The summed E-state index contributed by atoms with van der Waals surface area (Å²) in [5, 5.41) is 4.80. The third-order valence-corrected chi connectivity index (χ3v) is 6.78. The first-order chi connectivity index (χ1) is 16.9. The first kappa shape index (κ1) is 21.1. The van der Waals surface area contributed by atoms with Crippen molar-refractivity contribution < 1.29 is 14.3 Å². The predicted octanol–water partition coefficient (Wildman–Crippen LogP) is 4.13. The summed E-state index contributed by atoms with van der Waals surface area (Å²) in [6.07, 6.45) is -0.624. The lowest BCUT2D eigenvalue weighted by molar-refractivity contribution is 0.0983. The summed E-state index contributed by atoms with van der Waals surface area (Å²) in [5.41, 5.74) is 5.10. The van der Waals surface area contributed by atoms with Crippen LogP contribution in [0.25, 0.3) is 22.6 Å². The predicted molar refractivity (Wildman–Crippen MR) is 131 cm³/mol. The highest BCUT2D eigenvalue weighted by molar-refractivity contribution is 6.15. The SMILES string of the molecule is COc1ccc2c(c1OC)C(=O)N1c3ccccc3-c3nc(=O)c(-c4ccc(C)c(C)c4)nn3[C@H]21. The number of aromatic nitrogens is 3. The number of aryl methyl sites for hydroxylation is 2. The van der Waals surface area contributed by atoms with E-state index in [-0.39, 0.29) is 11.6 Å². The maximum Gasteiger partial charge on any atom is 0.300 e. The smallest absolute Gasteiger partial charge is 0.300 e. The molecule has 0 radical (unpaired) electrons. The van der Waals surface area contributed by atoms with Gasteiger partial charge in [0.25, 0.3) is 11.5 Å². The lowest BCUT2D eigenvalue weighted by Gasteiger charge is -2.34. The number of rotatable bonds is 3. The number of methoxy groups -OCH3 is 2. The lowest BCUT2D eigenvalue weighted by Crippen LogP contribution is -2.39. The summed E-state index contributed by atoms with van der Waals surface area (Å²) in [6.45, 7) is 4.01. The second kappa shape index (κ2) is 7.53. The summed E-state index contributed by atoms with van der Waals surface area (Å²) in [6, 6.07) is 16.8. The number of fused-ring (bicyclic) bond motifs is 8. The van der Waals surface area contributed by atoms with Crippen molar-refractivity contribution >= 4 is 11.6 Å². The van der Waals surface area contributed by atoms with Gasteiger partial charge < -0.3 is 9.47 Å². The highest BCUT2D eigenvalue weighted by atomic mass is 16.5. The number of hydrogen-bond donors (Lipinski definition) is 0. The van der Waals surface area contributed by atoms with Crippen molar-refractivity contribution in [2.75, 3.05) is 19.1 Å². The van der Waals surface area contributed by atoms with Gasteiger partial charge in [-0.2, -0.15) is 10.1 Å². The zero-order valence-corrected chi connectivity index (χ0v) is 19.7. The Balaban J connectivity index is 1.67. The largest absolute Gasteiger partial charge is 0.493 e. The third-order valence-electron chi connectivity index (χ3n) is 6.78. The molecule has 1 aromatic heterocycles. The molecule has 8 heteroatoms. The number of benzene rings is 3. The Morgan fingerprint density at radius 1 is 0.914 bits per heavy atom. The van der Waals surface area contributed by atoms with Crippen LogP contribution in [0, 0.1) is 13.8 Å². The van der Waals surface area contributed by atoms with Gasteiger partial charge in [0.2, 0.25) is 0 Å². The Morgan fingerprint density at radius 3 is 2.46 bits per heavy atom. The quantitative estimate of drug-likeness (QED) is 0.451. The van der Waals surface area contributed by atoms with E-state index in [4.69, 9.17) is 14.6 Å². The standard InChI is InChI=1S/C27H22N4O4/c1-14-9-10-16(13-15(14)2)22-25(32)28-24-17-7-5-6-8-19(17)30-26(31(24)29-22)18-11-12-20(34-3)23(35-4)21(18)27(30)33/h5-13,26H,1-4H3/t26-/m1/s1. The number of ether oxygens (including phenoxy) is 2. The molecular weight excluding hydrogens is 444 g/mol. The lowest BCUT2D eigenvalue weighted by atomic mass is 10.0. The number of nitrogens with zero attached hydrogens (tertiary/aromatic N) is 4. The zero-order chi connectivity index (χ0) is 24.4. The van der Waals surface area contributed by atoms with E-state index in [1.54, 1.807) is 15.6 Å². The molecule has 2 aliphatic heterocycles. The molecule has 1 amide bonds. The molecule has 0 saturated carbocycles. The van der Waals surface area contributed by atoms with Gasteiger partial charge in [-0.3, -0.25) is 14.5 Å². The Morgan fingerprint density at radius 2 is 1.71 bits per heavy atom. The molecule has 2 aliphatic rings. The van der Waals surface area contributed by atoms with Crippen LogP contribution in [-0.4, -0.2) is 34.9 Å². The van der Waals surface area contributed by atoms with E-state index in [1.807, 2.05) is 62.4 Å². The van der Waals surface area contributed by atoms with Crippen molar-refractivity contribution in [1.82, 2.24) is 14.8 Å². The van der Waals surface area contributed by atoms with Crippen LogP contribution in [0.5, 0.6) is 11.5 Å². The Kier molecular flexibility index (Phi) is 4.54. The van der Waals surface area contributed by atoms with Gasteiger partial charge in [0.05, 0.1) is 25.5 Å². The number of carbonyl (C=O) groups excluding carboxylic acids is 1. The molecule has 0 spiro atoms. The van der Waals surface area contributed by atoms with Crippen molar-refractivity contribution in [2.24, 2.45) is 0 Å². The number of amides is 1. The molecule has 1 atom stereocenters. The molecule has 0 aliphatic carbocycles. The summed E-state index contributed by atoms with van der Waals surface area (Å²) in [5.74, 6) is 1.02. The van der Waals surface area contributed by atoms with E-state index in [0.29, 0.717) is 45.3 Å². The Bertz CT molecular complexity index is 1610. The van der Waals surface area contributed by atoms with E-state index in [2.05, 4.69) is 4.98 Å². The molecule has 174 valence electrons. The first-order valence-electron chi connectivity index (χ1n) is 11.2. The minimum absolute atomic E-state index is 0.230. The fourth-order valence-electron chi connectivity index (χ4n) is 4.93. The van der Waals surface area contributed by atoms with Gasteiger partial charge in [0.1, 0.15) is 0 Å². The molecule has 4 aromatic rings. The normalized spacial score (nSPS) is 15.3. The molecule has 3 heterocycles. The van der Waals surface area contributed by atoms with E-state index >= 15 is 0 Å². The second-order valence-corrected chi connectivity index (χ2v) is 8.66. The Hall–Kier alpha value is -4.46. The van der Waals surface area contributed by atoms with Crippen molar-refractivity contribution in [2.45, 2.75) is 20.0 Å². The highest BCUT2D eigenvalue weighted by Gasteiger charge is 2.47. The highest BCUT2D eigenvalue weighted by Crippen LogP contribution is 2.50. The molecule has 0 saturated heterocycles. The summed E-state index contributed by atoms with van der Waals surface area (Å²) in [7, 11) is 3.05. The molecule has 8 nitrogen and oxygen atoms in total. The zero-order valence-electron chi connectivity index (χ0n) is 19.7. The van der Waals surface area contributed by atoms with E-state index < -0.39 is 11.7 Å². The fraction of sp³-hybridized carbons (Fsp3) is 0.185. The second-order valence-electron chi connectivity index (χ2n) is 8.66. The summed E-state index contributed by atoms with van der Waals surface area (Å²) >= 11 is 0. The molecule has 3 aromatic carbocycles. The summed E-state index contributed by atoms with van der Waals surface area (Å²) < 4.78 is 12.7. The van der Waals surface area contributed by atoms with Crippen LogP contribution < -0.4 is 19.9 Å². The van der Waals surface area contributed by atoms with E-state index in [9.17, 15) is 9.59 Å². The molecule has 0 N–H and O–H groups in total. The minimum atomic E-state index is -0.624. The van der Waals surface area contributed by atoms with Crippen LogP contribution in [-0.2, 0) is 0 Å². The minimum Gasteiger partial charge on any atom is -0.493 e. The number of carbonyl (C=O) groups is 1. The van der Waals surface area contributed by atoms with Crippen LogP contribution in [0.1, 0.15) is 33.2 Å². The average Bonchev–Trinajstić information content (AvgIpc) is 3.17. The van der Waals surface area contributed by atoms with Gasteiger partial charge in [-0.1, -0.05) is 30.3 Å². The van der Waals surface area contributed by atoms with Crippen LogP contribution in [0.4, 0.5) is 5.69 Å². The van der Waals surface area contributed by atoms with Gasteiger partial charge in [-0.05, 0) is 49.2 Å². The van der Waals surface area contributed by atoms with E-state index in [1.165, 1.54) is 14.2 Å². The average molecular weight is 466 g/mol. The number of anilines is 1. The Labute approximate surface area is 201 Å². The fourth-order valence-corrected chi connectivity index (χ4v) is 4.93. The first-order valence-corrected chi connectivity index (χ1v) is 11.2.